The van der Waals surface area contributed by atoms with Crippen LogP contribution in [-0.4, -0.2) is 59.9 Å². The molecule has 2 fully saturated rings. The number of amides is 2. The topological polar surface area (TPSA) is 52.7 Å². The van der Waals surface area contributed by atoms with Gasteiger partial charge in [-0.15, -0.1) is 0 Å². The number of carbonyl (C=O) groups excluding carboxylic acids is 2. The van der Waals surface area contributed by atoms with E-state index in [4.69, 9.17) is 0 Å². The summed E-state index contributed by atoms with van der Waals surface area (Å²) in [4.78, 5) is 27.4. The fourth-order valence-electron chi connectivity index (χ4n) is 3.01. The van der Waals surface area contributed by atoms with Crippen LogP contribution in [0.25, 0.3) is 0 Å². The first-order chi connectivity index (χ1) is 8.47. The quantitative estimate of drug-likeness (QED) is 0.719. The molecule has 3 atom stereocenters. The Morgan fingerprint density at radius 3 is 2.17 bits per heavy atom. The van der Waals surface area contributed by atoms with Gasteiger partial charge < -0.3 is 15.1 Å². The Morgan fingerprint density at radius 1 is 1.06 bits per heavy atom. The van der Waals surface area contributed by atoms with Crippen molar-refractivity contribution in [2.45, 2.75) is 39.3 Å². The van der Waals surface area contributed by atoms with Crippen molar-refractivity contribution in [3.8, 4) is 0 Å². The fraction of sp³-hybridized carbons (Fsp3) is 0.846. The summed E-state index contributed by atoms with van der Waals surface area (Å²) < 4.78 is 0. The largest absolute Gasteiger partial charge is 0.342 e. The summed E-state index contributed by atoms with van der Waals surface area (Å²) in [7, 11) is 0. The molecule has 0 aliphatic carbocycles. The van der Waals surface area contributed by atoms with Crippen molar-refractivity contribution < 1.29 is 9.59 Å². The Balaban J connectivity index is 1.93. The minimum absolute atomic E-state index is 0.00593. The van der Waals surface area contributed by atoms with Crippen molar-refractivity contribution in [1.29, 1.82) is 0 Å². The summed E-state index contributed by atoms with van der Waals surface area (Å²) in [6.45, 7) is 8.66. The summed E-state index contributed by atoms with van der Waals surface area (Å²) in [6.07, 6.45) is 0.811. The molecule has 5 nitrogen and oxygen atoms in total. The number of nitrogens with zero attached hydrogens (tertiary/aromatic N) is 2. The first-order valence-corrected chi connectivity index (χ1v) is 6.77. The van der Waals surface area contributed by atoms with Gasteiger partial charge in [0.25, 0.3) is 0 Å². The lowest BCUT2D eigenvalue weighted by atomic mass is 10.0. The van der Waals surface area contributed by atoms with Crippen molar-refractivity contribution in [2.24, 2.45) is 5.92 Å². The van der Waals surface area contributed by atoms with Crippen LogP contribution in [0.15, 0.2) is 0 Å². The zero-order chi connectivity index (χ0) is 13.3. The van der Waals surface area contributed by atoms with Gasteiger partial charge >= 0.3 is 0 Å². The van der Waals surface area contributed by atoms with Gasteiger partial charge in [0.1, 0.15) is 0 Å². The second kappa shape index (κ2) is 5.26. The van der Waals surface area contributed by atoms with E-state index in [-0.39, 0.29) is 17.7 Å². The number of carbonyl (C=O) groups is 2. The summed E-state index contributed by atoms with van der Waals surface area (Å²) in [6, 6.07) is 0.700. The van der Waals surface area contributed by atoms with E-state index < -0.39 is 0 Å². The van der Waals surface area contributed by atoms with Gasteiger partial charge in [-0.25, -0.2) is 0 Å². The molecule has 0 saturated carbocycles. The molecule has 2 amide bonds. The van der Waals surface area contributed by atoms with Crippen LogP contribution in [0, 0.1) is 5.92 Å². The van der Waals surface area contributed by atoms with Gasteiger partial charge in [-0.1, -0.05) is 0 Å². The van der Waals surface area contributed by atoms with E-state index in [1.807, 2.05) is 4.90 Å². The Labute approximate surface area is 108 Å². The minimum atomic E-state index is 0.00593. The van der Waals surface area contributed by atoms with Crippen LogP contribution in [0.4, 0.5) is 0 Å². The van der Waals surface area contributed by atoms with E-state index in [0.29, 0.717) is 18.6 Å². The first kappa shape index (κ1) is 13.3. The molecular weight excluding hydrogens is 230 g/mol. The molecule has 0 aromatic heterocycles. The number of nitrogens with one attached hydrogen (secondary N) is 1. The van der Waals surface area contributed by atoms with Crippen molar-refractivity contribution in [3.05, 3.63) is 0 Å². The highest BCUT2D eigenvalue weighted by Gasteiger charge is 2.34. The summed E-state index contributed by atoms with van der Waals surface area (Å²) in [5, 5.41) is 3.42. The average molecular weight is 253 g/mol. The maximum atomic E-state index is 12.4. The lowest BCUT2D eigenvalue weighted by molar-refractivity contribution is -0.137. The molecule has 0 unspecified atom stereocenters. The van der Waals surface area contributed by atoms with Crippen molar-refractivity contribution in [3.63, 3.8) is 0 Å². The van der Waals surface area contributed by atoms with Gasteiger partial charge in [0.2, 0.25) is 11.8 Å². The second-order valence-corrected chi connectivity index (χ2v) is 5.66. The molecular formula is C13H23N3O2. The van der Waals surface area contributed by atoms with Crippen molar-refractivity contribution in [2.75, 3.05) is 26.2 Å². The highest BCUT2D eigenvalue weighted by Crippen LogP contribution is 2.20. The van der Waals surface area contributed by atoms with E-state index >= 15 is 0 Å². The van der Waals surface area contributed by atoms with Gasteiger partial charge in [0, 0.05) is 45.2 Å². The second-order valence-electron chi connectivity index (χ2n) is 5.66. The SMILES string of the molecule is CC(=O)N1CC[C@H](C(=O)N2C[C@@H](C)N[C@@H](C)C2)C1. The smallest absolute Gasteiger partial charge is 0.227 e. The first-order valence-electron chi connectivity index (χ1n) is 6.77. The lowest BCUT2D eigenvalue weighted by Crippen LogP contribution is -2.57. The van der Waals surface area contributed by atoms with E-state index in [1.165, 1.54) is 0 Å². The highest BCUT2D eigenvalue weighted by atomic mass is 16.2. The molecule has 2 heterocycles. The third kappa shape index (κ3) is 2.83. The molecule has 2 aliphatic rings. The third-order valence-corrected chi connectivity index (χ3v) is 3.85. The normalized spacial score (nSPS) is 32.7. The highest BCUT2D eigenvalue weighted by molar-refractivity contribution is 5.81. The minimum Gasteiger partial charge on any atom is -0.342 e. The monoisotopic (exact) mass is 253 g/mol. The van der Waals surface area contributed by atoms with Gasteiger partial charge in [0.15, 0.2) is 0 Å². The van der Waals surface area contributed by atoms with Gasteiger partial charge in [-0.2, -0.15) is 0 Å². The maximum absolute atomic E-state index is 12.4. The molecule has 5 heteroatoms. The molecule has 0 bridgehead atoms. The van der Waals surface area contributed by atoms with Gasteiger partial charge in [-0.3, -0.25) is 9.59 Å². The van der Waals surface area contributed by atoms with Crippen molar-refractivity contribution >= 4 is 11.8 Å². The zero-order valence-corrected chi connectivity index (χ0v) is 11.5. The number of rotatable bonds is 1. The number of piperazine rings is 1. The van der Waals surface area contributed by atoms with Crippen LogP contribution in [-0.2, 0) is 9.59 Å². The van der Waals surface area contributed by atoms with Crippen LogP contribution in [0.5, 0.6) is 0 Å². The molecule has 0 spiro atoms. The number of hydrogen-bond donors (Lipinski definition) is 1. The standard InChI is InChI=1S/C13H23N3O2/c1-9-6-16(7-10(2)14-9)13(18)12-4-5-15(8-12)11(3)17/h9-10,12,14H,4-8H2,1-3H3/t9-,10+,12-/m0/s1. The molecule has 0 aromatic rings. The number of hydrogen-bond acceptors (Lipinski definition) is 3. The van der Waals surface area contributed by atoms with Gasteiger partial charge in [0.05, 0.1) is 5.92 Å². The maximum Gasteiger partial charge on any atom is 0.227 e. The molecule has 1 N–H and O–H groups in total. The molecule has 2 aliphatic heterocycles. The summed E-state index contributed by atoms with van der Waals surface area (Å²) in [5.74, 6) is 0.303. The lowest BCUT2D eigenvalue weighted by Gasteiger charge is -2.37. The van der Waals surface area contributed by atoms with E-state index in [9.17, 15) is 9.59 Å². The molecule has 0 radical (unpaired) electrons. The Morgan fingerprint density at radius 2 is 1.67 bits per heavy atom. The average Bonchev–Trinajstić information content (AvgIpc) is 2.75. The molecule has 102 valence electrons. The predicted octanol–water partition coefficient (Wildman–Crippen LogP) is 0.0636. The van der Waals surface area contributed by atoms with Crippen LogP contribution in [0.2, 0.25) is 0 Å². The van der Waals surface area contributed by atoms with E-state index in [0.717, 1.165) is 26.1 Å². The molecule has 0 aromatic carbocycles. The van der Waals surface area contributed by atoms with Crippen LogP contribution in [0.1, 0.15) is 27.2 Å². The molecule has 18 heavy (non-hydrogen) atoms. The zero-order valence-electron chi connectivity index (χ0n) is 11.5. The van der Waals surface area contributed by atoms with E-state index in [2.05, 4.69) is 19.2 Å². The van der Waals surface area contributed by atoms with Crippen LogP contribution < -0.4 is 5.32 Å². The van der Waals surface area contributed by atoms with Crippen LogP contribution >= 0.6 is 0 Å². The third-order valence-electron chi connectivity index (χ3n) is 3.85. The Bertz CT molecular complexity index is 335. The summed E-state index contributed by atoms with van der Waals surface area (Å²) >= 11 is 0. The van der Waals surface area contributed by atoms with Crippen molar-refractivity contribution in [1.82, 2.24) is 15.1 Å². The fourth-order valence-corrected chi connectivity index (χ4v) is 3.01. The molecule has 2 saturated heterocycles. The number of likely N-dealkylation sites (tertiary alicyclic amines) is 1. The van der Waals surface area contributed by atoms with Gasteiger partial charge in [-0.05, 0) is 20.3 Å². The Kier molecular flexibility index (Phi) is 3.90. The predicted molar refractivity (Wildman–Crippen MR) is 69.0 cm³/mol. The van der Waals surface area contributed by atoms with E-state index in [1.54, 1.807) is 11.8 Å². The summed E-state index contributed by atoms with van der Waals surface area (Å²) in [5.41, 5.74) is 0. The van der Waals surface area contributed by atoms with Crippen LogP contribution in [0.3, 0.4) is 0 Å². The molecule has 2 rings (SSSR count). The Hall–Kier alpha value is -1.10.